The van der Waals surface area contributed by atoms with Gasteiger partial charge in [0.05, 0.1) is 24.9 Å². The van der Waals surface area contributed by atoms with Gasteiger partial charge in [0.15, 0.2) is 0 Å². The number of pyridine rings is 2. The predicted molar refractivity (Wildman–Crippen MR) is 269 cm³/mol. The first-order valence-corrected chi connectivity index (χ1v) is 25.8. The van der Waals surface area contributed by atoms with E-state index in [1.54, 1.807) is 23.6 Å². The van der Waals surface area contributed by atoms with Gasteiger partial charge in [0.25, 0.3) is 0 Å². The number of para-hydroxylation sites is 2. The van der Waals surface area contributed by atoms with E-state index in [2.05, 4.69) is 161 Å². The summed E-state index contributed by atoms with van der Waals surface area (Å²) in [5, 5.41) is 3.31. The van der Waals surface area contributed by atoms with Crippen LogP contribution in [0, 0.1) is 31.8 Å². The fraction of sp³-hybridized carbons (Fsp3) is 0.268. The quantitative estimate of drug-likeness (QED) is 0.107. The van der Waals surface area contributed by atoms with Crippen LogP contribution in [0.3, 0.4) is 0 Å². The minimum atomic E-state index is -2.56. The van der Waals surface area contributed by atoms with Crippen LogP contribution in [0.15, 0.2) is 121 Å². The van der Waals surface area contributed by atoms with Crippen LogP contribution in [0.1, 0.15) is 90.9 Å². The van der Waals surface area contributed by atoms with Crippen molar-refractivity contribution in [2.45, 2.75) is 93.2 Å². The number of rotatable bonds is 9. The number of hydrogen-bond acceptors (Lipinski definition) is 4. The molecule has 4 heterocycles. The minimum Gasteiger partial charge on any atom is -0.333 e. The van der Waals surface area contributed by atoms with Crippen molar-refractivity contribution in [1.82, 2.24) is 19.5 Å². The summed E-state index contributed by atoms with van der Waals surface area (Å²) in [4.78, 5) is 15.7. The number of fused-ring (bicyclic) bond motifs is 4. The number of aryl methyl sites for hydroxylation is 1. The first-order chi connectivity index (χ1) is 32.5. The molecule has 0 saturated heterocycles. The van der Waals surface area contributed by atoms with Crippen molar-refractivity contribution >= 4 is 55.9 Å². The predicted octanol–water partition coefficient (Wildman–Crippen LogP) is 15.1. The molecule has 323 valence electrons. The zero-order valence-corrected chi connectivity index (χ0v) is 41.9. The monoisotopic (exact) mass is 1050 g/mol. The van der Waals surface area contributed by atoms with Gasteiger partial charge in [-0.2, -0.15) is 11.3 Å². The number of benzene rings is 5. The average Bonchev–Trinajstić information content (AvgIpc) is 3.86. The molecule has 0 aliphatic heterocycles. The van der Waals surface area contributed by atoms with Crippen molar-refractivity contribution in [3.8, 4) is 39.5 Å². The van der Waals surface area contributed by atoms with Crippen molar-refractivity contribution < 1.29 is 29.7 Å². The Morgan fingerprint density at radius 1 is 0.810 bits per heavy atom. The minimum absolute atomic E-state index is 0. The number of imidazole rings is 1. The summed E-state index contributed by atoms with van der Waals surface area (Å²) in [6, 6.07) is 41.2. The molecule has 9 rings (SSSR count). The average molecular weight is 1050 g/mol. The standard InChI is InChI=1S/C37H32N3S.C19H26NSi.Ir/c1-22(2)30-20-26(25-12-7-6-8-13-25)21-31(23(3)4)34(30)40-33-17-10-9-16-32(33)39-36(40)29-15-11-14-27-28-19-18-24(5)38-37(28)41-35(27)29;1-14(2)11-17-12-18(16-9-7-15(3)8-10-16)20-13-19(17)21(4,5)6;/h6-14,16-23H,1-5H3;7-9,12-14H,11H2,1-6H3;/q2*-1;/i;3D3,7D,8D,11D2;. The Morgan fingerprint density at radius 3 is 2.19 bits per heavy atom. The molecule has 0 spiro atoms. The third-order valence-corrected chi connectivity index (χ3v) is 14.2. The van der Waals surface area contributed by atoms with Gasteiger partial charge in [0, 0.05) is 47.3 Å². The Labute approximate surface area is 403 Å². The summed E-state index contributed by atoms with van der Waals surface area (Å²) >= 11 is 1.74. The maximum absolute atomic E-state index is 8.60. The zero-order valence-electron chi connectivity index (χ0n) is 44.7. The first-order valence-electron chi connectivity index (χ1n) is 24.9. The van der Waals surface area contributed by atoms with E-state index in [0.717, 1.165) is 38.1 Å². The van der Waals surface area contributed by atoms with Crippen LogP contribution < -0.4 is 5.19 Å². The van der Waals surface area contributed by atoms with Gasteiger partial charge < -0.3 is 9.55 Å². The second kappa shape index (κ2) is 19.0. The maximum Gasteiger partial charge on any atom is 0.113 e. The molecule has 5 aromatic carbocycles. The molecule has 9 aromatic rings. The van der Waals surface area contributed by atoms with Crippen molar-refractivity contribution in [3.63, 3.8) is 0 Å². The molecule has 0 aliphatic rings. The molecule has 7 heteroatoms. The van der Waals surface area contributed by atoms with Crippen LogP contribution in [0.2, 0.25) is 19.6 Å². The topological polar surface area (TPSA) is 43.6 Å². The molecule has 0 amide bonds. The smallest absolute Gasteiger partial charge is 0.113 e. The van der Waals surface area contributed by atoms with E-state index in [0.29, 0.717) is 28.7 Å². The van der Waals surface area contributed by atoms with Gasteiger partial charge >= 0.3 is 0 Å². The van der Waals surface area contributed by atoms with E-state index >= 15 is 0 Å². The largest absolute Gasteiger partial charge is 0.333 e. The fourth-order valence-electron chi connectivity index (χ4n) is 8.03. The van der Waals surface area contributed by atoms with E-state index in [4.69, 9.17) is 19.6 Å². The van der Waals surface area contributed by atoms with Gasteiger partial charge in [-0.3, -0.25) is 4.98 Å². The van der Waals surface area contributed by atoms with Crippen LogP contribution in [-0.4, -0.2) is 27.6 Å². The van der Waals surface area contributed by atoms with Crippen LogP contribution in [0.25, 0.3) is 70.8 Å². The molecule has 0 aliphatic carbocycles. The Bertz CT molecular complexity index is 3320. The summed E-state index contributed by atoms with van der Waals surface area (Å²) in [6.45, 7) is 18.7. The van der Waals surface area contributed by atoms with Gasteiger partial charge in [0.1, 0.15) is 4.83 Å². The van der Waals surface area contributed by atoms with Crippen LogP contribution in [0.5, 0.6) is 0 Å². The molecule has 1 radical (unpaired) electrons. The molecule has 4 aromatic heterocycles. The number of aromatic nitrogens is 4. The SMILES string of the molecule is Cc1ccc2c(n1)sc1c(-c3nc4ccccc4n3-c3c(C(C)C)cc(-c4ccccc4)cc3C(C)C)[c-]ccc12.[2H]c1[c-]c(-c2cc(C([2H])([2H])C(C)C)c([Si](C)(C)C)cn2)cc([2H])c1C([2H])([2H])[2H].[Ir]. The molecular weight excluding hydrogens is 981 g/mol. The molecule has 0 bridgehead atoms. The molecular formula is C56H58IrN4SSi-2. The molecule has 0 atom stereocenters. The third-order valence-electron chi connectivity index (χ3n) is 11.1. The number of thiophene rings is 1. The third kappa shape index (κ3) is 9.59. The zero-order chi connectivity index (χ0) is 49.9. The van der Waals surface area contributed by atoms with Crippen molar-refractivity contribution in [1.29, 1.82) is 0 Å². The van der Waals surface area contributed by atoms with Crippen molar-refractivity contribution in [3.05, 3.63) is 161 Å². The van der Waals surface area contributed by atoms with Crippen molar-refractivity contribution in [2.75, 3.05) is 0 Å². The molecule has 0 saturated carbocycles. The van der Waals surface area contributed by atoms with E-state index in [-0.39, 0.29) is 43.7 Å². The molecule has 4 nitrogen and oxygen atoms in total. The molecule has 0 N–H and O–H groups in total. The Morgan fingerprint density at radius 2 is 1.52 bits per heavy atom. The van der Waals surface area contributed by atoms with Gasteiger partial charge in [-0.1, -0.05) is 139 Å². The van der Waals surface area contributed by atoms with E-state index in [1.165, 1.54) is 49.5 Å². The van der Waals surface area contributed by atoms with Crippen LogP contribution >= 0.6 is 11.3 Å². The van der Waals surface area contributed by atoms with E-state index in [9.17, 15) is 0 Å². The number of hydrogen-bond donors (Lipinski definition) is 0. The summed E-state index contributed by atoms with van der Waals surface area (Å²) in [5.41, 5.74) is 11.5. The van der Waals surface area contributed by atoms with Gasteiger partial charge in [-0.25, -0.2) is 4.98 Å². The summed E-state index contributed by atoms with van der Waals surface area (Å²) in [7, 11) is -1.87. The fourth-order valence-corrected chi connectivity index (χ4v) is 10.6. The second-order valence-corrected chi connectivity index (χ2v) is 24.0. The Balaban J connectivity index is 0.000000220. The molecule has 0 unspecified atom stereocenters. The van der Waals surface area contributed by atoms with Gasteiger partial charge in [-0.05, 0) is 105 Å². The maximum atomic E-state index is 8.60. The summed E-state index contributed by atoms with van der Waals surface area (Å²) in [6.07, 6.45) is 0.120. The summed E-state index contributed by atoms with van der Waals surface area (Å²) in [5.74, 6) is 1.31. The van der Waals surface area contributed by atoms with Crippen LogP contribution in [-0.2, 0) is 26.5 Å². The molecule has 63 heavy (non-hydrogen) atoms. The number of nitrogens with zero attached hydrogens (tertiary/aromatic N) is 4. The van der Waals surface area contributed by atoms with Gasteiger partial charge in [-0.15, -0.1) is 53.5 Å². The van der Waals surface area contributed by atoms with Crippen LogP contribution in [0.4, 0.5) is 0 Å². The second-order valence-electron chi connectivity index (χ2n) is 17.9. The van der Waals surface area contributed by atoms with Gasteiger partial charge in [0.2, 0.25) is 0 Å². The van der Waals surface area contributed by atoms with Crippen molar-refractivity contribution in [2.24, 2.45) is 5.92 Å². The first kappa shape index (κ1) is 37.3. The molecule has 0 fully saturated rings. The van der Waals surface area contributed by atoms with E-state index < -0.39 is 21.3 Å². The Hall–Kier alpha value is -5.04. The van der Waals surface area contributed by atoms with E-state index in [1.807, 2.05) is 19.9 Å². The Kier molecular flexibility index (Phi) is 11.2. The summed E-state index contributed by atoms with van der Waals surface area (Å²) < 4.78 is 59.4. The normalized spacial score (nSPS) is 13.8.